The van der Waals surface area contributed by atoms with Crippen molar-refractivity contribution < 1.29 is 14.0 Å². The van der Waals surface area contributed by atoms with Crippen molar-refractivity contribution in [2.75, 3.05) is 13.2 Å². The van der Waals surface area contributed by atoms with E-state index in [4.69, 9.17) is 9.16 Å². The normalized spacial score (nSPS) is 12.2. The van der Waals surface area contributed by atoms with Gasteiger partial charge in [-0.25, -0.2) is 0 Å². The first kappa shape index (κ1) is 18.9. The number of hydrogen-bond acceptors (Lipinski definition) is 4. The van der Waals surface area contributed by atoms with Gasteiger partial charge in [0.25, 0.3) is 0 Å². The highest BCUT2D eigenvalue weighted by Crippen LogP contribution is 2.36. The van der Waals surface area contributed by atoms with Gasteiger partial charge in [-0.2, -0.15) is 11.3 Å². The van der Waals surface area contributed by atoms with Crippen LogP contribution in [0.25, 0.3) is 0 Å². The molecule has 0 amide bonds. The largest absolute Gasteiger partial charge is 0.491 e. The van der Waals surface area contributed by atoms with E-state index in [9.17, 15) is 4.79 Å². The van der Waals surface area contributed by atoms with Gasteiger partial charge in [-0.15, -0.1) is 0 Å². The molecule has 1 aromatic heterocycles. The average molecular weight is 363 g/mol. The Hall–Kier alpha value is -1.43. The summed E-state index contributed by atoms with van der Waals surface area (Å²) in [4.78, 5) is 12.2. The lowest BCUT2D eigenvalue weighted by molar-refractivity contribution is 0.103. The molecule has 0 fully saturated rings. The van der Waals surface area contributed by atoms with Crippen molar-refractivity contribution in [1.29, 1.82) is 0 Å². The Morgan fingerprint density at radius 3 is 2.25 bits per heavy atom. The van der Waals surface area contributed by atoms with E-state index >= 15 is 0 Å². The van der Waals surface area contributed by atoms with E-state index in [1.807, 2.05) is 41.1 Å². The van der Waals surface area contributed by atoms with Gasteiger partial charge < -0.3 is 9.16 Å². The van der Waals surface area contributed by atoms with Crippen LogP contribution in [0.2, 0.25) is 18.1 Å². The fraction of sp³-hybridized carbons (Fsp3) is 0.421. The first-order valence-corrected chi connectivity index (χ1v) is 12.0. The lowest BCUT2D eigenvalue weighted by Gasteiger charge is -2.36. The fourth-order valence-electron chi connectivity index (χ4n) is 1.94. The van der Waals surface area contributed by atoms with Gasteiger partial charge in [-0.3, -0.25) is 4.79 Å². The van der Waals surface area contributed by atoms with Crippen LogP contribution in [0.1, 0.15) is 36.7 Å². The van der Waals surface area contributed by atoms with Crippen LogP contribution in [0, 0.1) is 0 Å². The maximum atomic E-state index is 12.2. The van der Waals surface area contributed by atoms with Crippen LogP contribution in [-0.2, 0) is 4.43 Å². The number of hydrogen-bond donors (Lipinski definition) is 0. The summed E-state index contributed by atoms with van der Waals surface area (Å²) in [6.07, 6.45) is 0. The number of carbonyl (C=O) groups is 1. The predicted molar refractivity (Wildman–Crippen MR) is 103 cm³/mol. The standard InChI is InChI=1S/C19H26O3SSi/c1-19(2,3)24(4,5)22-12-11-21-17-8-6-15(7-9-17)18(20)16-10-13-23-14-16/h6-10,13-14H,11-12H2,1-5H3. The minimum Gasteiger partial charge on any atom is -0.491 e. The molecule has 0 spiro atoms. The molecule has 0 atom stereocenters. The number of ether oxygens (including phenoxy) is 1. The molecule has 0 unspecified atom stereocenters. The Kier molecular flexibility index (Phi) is 6.01. The van der Waals surface area contributed by atoms with E-state index < -0.39 is 8.32 Å². The molecule has 0 N–H and O–H groups in total. The number of carbonyl (C=O) groups excluding carboxylic acids is 1. The quantitative estimate of drug-likeness (QED) is 0.377. The highest BCUT2D eigenvalue weighted by Gasteiger charge is 2.36. The van der Waals surface area contributed by atoms with Gasteiger partial charge >= 0.3 is 0 Å². The minimum absolute atomic E-state index is 0.0454. The maximum Gasteiger partial charge on any atom is 0.193 e. The number of ketones is 1. The third kappa shape index (κ3) is 4.78. The molecule has 0 aliphatic heterocycles. The van der Waals surface area contributed by atoms with Crippen LogP contribution in [-0.4, -0.2) is 27.3 Å². The van der Waals surface area contributed by atoms with E-state index in [-0.39, 0.29) is 10.8 Å². The van der Waals surface area contributed by atoms with Crippen molar-refractivity contribution >= 4 is 25.4 Å². The number of thiophene rings is 1. The molecule has 2 aromatic rings. The molecule has 0 radical (unpaired) electrons. The minimum atomic E-state index is -1.72. The Morgan fingerprint density at radius 1 is 1.04 bits per heavy atom. The Bertz CT molecular complexity index is 655. The van der Waals surface area contributed by atoms with Gasteiger partial charge in [0.05, 0.1) is 6.61 Å². The SMILES string of the molecule is CC(C)(C)[Si](C)(C)OCCOc1ccc(C(=O)c2ccsc2)cc1. The maximum absolute atomic E-state index is 12.2. The zero-order valence-corrected chi connectivity index (χ0v) is 16.9. The van der Waals surface area contributed by atoms with Crippen molar-refractivity contribution in [3.05, 3.63) is 52.2 Å². The van der Waals surface area contributed by atoms with E-state index in [0.717, 1.165) is 11.3 Å². The van der Waals surface area contributed by atoms with Crippen molar-refractivity contribution in [3.63, 3.8) is 0 Å². The number of rotatable bonds is 7. The van der Waals surface area contributed by atoms with E-state index in [0.29, 0.717) is 18.8 Å². The van der Waals surface area contributed by atoms with Crippen LogP contribution < -0.4 is 4.74 Å². The molecule has 24 heavy (non-hydrogen) atoms. The lowest BCUT2D eigenvalue weighted by Crippen LogP contribution is -2.41. The first-order valence-electron chi connectivity index (χ1n) is 8.14. The van der Waals surface area contributed by atoms with E-state index in [1.54, 1.807) is 0 Å². The van der Waals surface area contributed by atoms with Gasteiger partial charge in [0, 0.05) is 16.5 Å². The molecular weight excluding hydrogens is 336 g/mol. The molecule has 3 nitrogen and oxygen atoms in total. The smallest absolute Gasteiger partial charge is 0.193 e. The fourth-order valence-corrected chi connectivity index (χ4v) is 3.60. The third-order valence-electron chi connectivity index (χ3n) is 4.52. The van der Waals surface area contributed by atoms with Gasteiger partial charge in [0.15, 0.2) is 14.1 Å². The molecular formula is C19H26O3SSi. The van der Waals surface area contributed by atoms with Gasteiger partial charge in [-0.1, -0.05) is 20.8 Å². The van der Waals surface area contributed by atoms with Crippen molar-refractivity contribution in [2.24, 2.45) is 0 Å². The molecule has 0 aliphatic rings. The molecule has 130 valence electrons. The second kappa shape index (κ2) is 7.63. The van der Waals surface area contributed by atoms with Crippen LogP contribution in [0.4, 0.5) is 0 Å². The van der Waals surface area contributed by atoms with Gasteiger partial charge in [0.2, 0.25) is 0 Å². The van der Waals surface area contributed by atoms with Crippen LogP contribution >= 0.6 is 11.3 Å². The van der Waals surface area contributed by atoms with Gasteiger partial charge in [0.1, 0.15) is 12.4 Å². The second-order valence-electron chi connectivity index (χ2n) is 7.32. The molecule has 5 heteroatoms. The summed E-state index contributed by atoms with van der Waals surface area (Å²) in [7, 11) is -1.72. The summed E-state index contributed by atoms with van der Waals surface area (Å²) in [5.74, 6) is 0.805. The monoisotopic (exact) mass is 362 g/mol. The molecule has 2 rings (SSSR count). The summed E-state index contributed by atoms with van der Waals surface area (Å²) >= 11 is 1.53. The van der Waals surface area contributed by atoms with E-state index in [2.05, 4.69) is 33.9 Å². The lowest BCUT2D eigenvalue weighted by atomic mass is 10.1. The summed E-state index contributed by atoms with van der Waals surface area (Å²) in [6, 6.07) is 9.14. The zero-order valence-electron chi connectivity index (χ0n) is 15.1. The van der Waals surface area contributed by atoms with Crippen molar-refractivity contribution in [3.8, 4) is 5.75 Å². The Morgan fingerprint density at radius 2 is 1.71 bits per heavy atom. The third-order valence-corrected chi connectivity index (χ3v) is 9.74. The van der Waals surface area contributed by atoms with Gasteiger partial charge in [-0.05, 0) is 53.8 Å². The van der Waals surface area contributed by atoms with Crippen molar-refractivity contribution in [1.82, 2.24) is 0 Å². The first-order chi connectivity index (χ1) is 11.2. The topological polar surface area (TPSA) is 35.5 Å². The summed E-state index contributed by atoms with van der Waals surface area (Å²) in [5, 5.41) is 3.98. The zero-order chi connectivity index (χ0) is 17.8. The van der Waals surface area contributed by atoms with Crippen molar-refractivity contribution in [2.45, 2.75) is 38.9 Å². The highest BCUT2D eigenvalue weighted by molar-refractivity contribution is 7.08. The molecule has 0 bridgehead atoms. The molecule has 0 aliphatic carbocycles. The summed E-state index contributed by atoms with van der Waals surface area (Å²) in [6.45, 7) is 12.3. The molecule has 1 aromatic carbocycles. The summed E-state index contributed by atoms with van der Waals surface area (Å²) < 4.78 is 11.8. The Labute approximate surface area is 149 Å². The molecule has 0 saturated heterocycles. The summed E-state index contributed by atoms with van der Waals surface area (Å²) in [5.41, 5.74) is 1.41. The highest BCUT2D eigenvalue weighted by atomic mass is 32.1. The molecule has 1 heterocycles. The number of benzene rings is 1. The van der Waals surface area contributed by atoms with Crippen LogP contribution in [0.15, 0.2) is 41.1 Å². The molecule has 0 saturated carbocycles. The Balaban J connectivity index is 1.84. The van der Waals surface area contributed by atoms with Crippen LogP contribution in [0.5, 0.6) is 5.75 Å². The predicted octanol–water partition coefficient (Wildman–Crippen LogP) is 5.38. The van der Waals surface area contributed by atoms with E-state index in [1.165, 1.54) is 11.3 Å². The average Bonchev–Trinajstić information content (AvgIpc) is 3.05. The van der Waals surface area contributed by atoms with Crippen LogP contribution in [0.3, 0.4) is 0 Å². The second-order valence-corrected chi connectivity index (χ2v) is 12.9.